The van der Waals surface area contributed by atoms with E-state index in [2.05, 4.69) is 0 Å². The lowest BCUT2D eigenvalue weighted by molar-refractivity contribution is -0.142. The van der Waals surface area contributed by atoms with E-state index in [-0.39, 0.29) is 6.61 Å². The highest BCUT2D eigenvalue weighted by atomic mass is 16.5. The Morgan fingerprint density at radius 3 is 2.47 bits per heavy atom. The van der Waals surface area contributed by atoms with Crippen molar-refractivity contribution in [2.24, 2.45) is 5.92 Å². The van der Waals surface area contributed by atoms with E-state index in [4.69, 9.17) is 9.84 Å². The van der Waals surface area contributed by atoms with Gasteiger partial charge in [0.2, 0.25) is 0 Å². The zero-order valence-corrected chi connectivity index (χ0v) is 8.34. The molecule has 0 spiro atoms. The summed E-state index contributed by atoms with van der Waals surface area (Å²) in [4.78, 5) is 21.8. The van der Waals surface area contributed by atoms with Gasteiger partial charge >= 0.3 is 11.9 Å². The molecule has 0 radical (unpaired) electrons. The lowest BCUT2D eigenvalue weighted by atomic mass is 10.2. The van der Waals surface area contributed by atoms with E-state index < -0.39 is 17.9 Å². The van der Waals surface area contributed by atoms with Crippen molar-refractivity contribution in [2.75, 3.05) is 6.61 Å². The number of ether oxygens (including phenoxy) is 1. The highest BCUT2D eigenvalue weighted by molar-refractivity contribution is 5.89. The average molecular weight is 208 g/mol. The molecule has 0 saturated heterocycles. The van der Waals surface area contributed by atoms with Crippen LogP contribution in [0.25, 0.3) is 0 Å². The predicted octanol–water partition coefficient (Wildman–Crippen LogP) is 1.56. The second-order valence-electron chi connectivity index (χ2n) is 3.20. The van der Waals surface area contributed by atoms with Crippen LogP contribution >= 0.6 is 0 Å². The summed E-state index contributed by atoms with van der Waals surface area (Å²) in [6.07, 6.45) is 0. The van der Waals surface area contributed by atoms with Gasteiger partial charge in [-0.1, -0.05) is 18.2 Å². The van der Waals surface area contributed by atoms with Crippen LogP contribution in [0.3, 0.4) is 0 Å². The van der Waals surface area contributed by atoms with E-state index in [0.717, 1.165) is 0 Å². The van der Waals surface area contributed by atoms with Crippen LogP contribution in [0.1, 0.15) is 17.3 Å². The highest BCUT2D eigenvalue weighted by Crippen LogP contribution is 2.03. The van der Waals surface area contributed by atoms with Crippen molar-refractivity contribution in [1.82, 2.24) is 0 Å². The summed E-state index contributed by atoms with van der Waals surface area (Å²) in [6, 6.07) is 8.46. The van der Waals surface area contributed by atoms with Crippen molar-refractivity contribution in [3.8, 4) is 0 Å². The number of carboxylic acid groups (broad SMARTS) is 1. The molecule has 0 aliphatic rings. The molecule has 0 unspecified atom stereocenters. The molecule has 1 atom stereocenters. The first kappa shape index (κ1) is 11.2. The molecule has 0 saturated carbocycles. The van der Waals surface area contributed by atoms with Crippen LogP contribution < -0.4 is 0 Å². The van der Waals surface area contributed by atoms with Crippen molar-refractivity contribution in [2.45, 2.75) is 6.92 Å². The molecule has 1 aromatic rings. The molecule has 4 nitrogen and oxygen atoms in total. The first-order valence-corrected chi connectivity index (χ1v) is 4.56. The molecule has 1 aromatic carbocycles. The van der Waals surface area contributed by atoms with Crippen molar-refractivity contribution in [3.63, 3.8) is 0 Å². The third kappa shape index (κ3) is 3.42. The Hall–Kier alpha value is -1.84. The number of esters is 1. The third-order valence-corrected chi connectivity index (χ3v) is 1.90. The first-order chi connectivity index (χ1) is 7.11. The van der Waals surface area contributed by atoms with Crippen LogP contribution in [0, 0.1) is 5.92 Å². The Morgan fingerprint density at radius 1 is 1.33 bits per heavy atom. The molecule has 0 fully saturated rings. The van der Waals surface area contributed by atoms with Crippen LogP contribution in [-0.2, 0) is 9.53 Å². The van der Waals surface area contributed by atoms with Crippen LogP contribution in [-0.4, -0.2) is 23.7 Å². The maximum Gasteiger partial charge on any atom is 0.338 e. The van der Waals surface area contributed by atoms with Gasteiger partial charge in [-0.05, 0) is 19.1 Å². The number of carboxylic acids is 1. The quantitative estimate of drug-likeness (QED) is 0.763. The fourth-order valence-corrected chi connectivity index (χ4v) is 0.930. The van der Waals surface area contributed by atoms with Crippen LogP contribution in [0.5, 0.6) is 0 Å². The molecule has 0 aromatic heterocycles. The Bertz CT molecular complexity index is 345. The largest absolute Gasteiger partial charge is 0.481 e. The number of rotatable bonds is 4. The van der Waals surface area contributed by atoms with Gasteiger partial charge in [0, 0.05) is 0 Å². The van der Waals surface area contributed by atoms with E-state index in [9.17, 15) is 9.59 Å². The molecule has 80 valence electrons. The molecular weight excluding hydrogens is 196 g/mol. The molecule has 1 rings (SSSR count). The smallest absolute Gasteiger partial charge is 0.338 e. The average Bonchev–Trinajstić information content (AvgIpc) is 2.26. The SMILES string of the molecule is C[C@@H](COC(=O)c1ccccc1)C(=O)O. The van der Waals surface area contributed by atoms with Crippen molar-refractivity contribution in [3.05, 3.63) is 35.9 Å². The minimum Gasteiger partial charge on any atom is -0.481 e. The molecule has 4 heteroatoms. The van der Waals surface area contributed by atoms with Crippen LogP contribution in [0.4, 0.5) is 0 Å². The van der Waals surface area contributed by atoms with Gasteiger partial charge < -0.3 is 9.84 Å². The molecule has 0 heterocycles. The van der Waals surface area contributed by atoms with Crippen LogP contribution in [0.15, 0.2) is 30.3 Å². The summed E-state index contributed by atoms with van der Waals surface area (Å²) < 4.78 is 4.83. The van der Waals surface area contributed by atoms with Crippen molar-refractivity contribution in [1.29, 1.82) is 0 Å². The van der Waals surface area contributed by atoms with E-state index in [1.165, 1.54) is 6.92 Å². The third-order valence-electron chi connectivity index (χ3n) is 1.90. The molecule has 0 aliphatic carbocycles. The Kier molecular flexibility index (Phi) is 3.85. The van der Waals surface area contributed by atoms with Gasteiger partial charge in [-0.2, -0.15) is 0 Å². The van der Waals surface area contributed by atoms with Gasteiger partial charge in [0.15, 0.2) is 0 Å². The second kappa shape index (κ2) is 5.14. The van der Waals surface area contributed by atoms with E-state index in [0.29, 0.717) is 5.56 Å². The van der Waals surface area contributed by atoms with E-state index in [1.54, 1.807) is 30.3 Å². The van der Waals surface area contributed by atoms with Gasteiger partial charge in [-0.3, -0.25) is 4.79 Å². The normalized spacial score (nSPS) is 11.8. The number of benzene rings is 1. The lowest BCUT2D eigenvalue weighted by Gasteiger charge is -2.07. The summed E-state index contributed by atoms with van der Waals surface area (Å²) in [6.45, 7) is 1.38. The summed E-state index contributed by atoms with van der Waals surface area (Å²) in [7, 11) is 0. The summed E-state index contributed by atoms with van der Waals surface area (Å²) in [5.41, 5.74) is 0.426. The monoisotopic (exact) mass is 208 g/mol. The summed E-state index contributed by atoms with van der Waals surface area (Å²) in [5.74, 6) is -2.16. The molecule has 1 N–H and O–H groups in total. The van der Waals surface area contributed by atoms with Gasteiger partial charge in [-0.25, -0.2) is 4.79 Å². The van der Waals surface area contributed by atoms with Crippen molar-refractivity contribution >= 4 is 11.9 Å². The molecule has 0 aliphatic heterocycles. The Balaban J connectivity index is 2.47. The second-order valence-corrected chi connectivity index (χ2v) is 3.20. The molecule has 15 heavy (non-hydrogen) atoms. The molecular formula is C11H12O4. The number of carbonyl (C=O) groups excluding carboxylic acids is 1. The number of aliphatic carboxylic acids is 1. The molecule has 0 bridgehead atoms. The minimum absolute atomic E-state index is 0.108. The number of carbonyl (C=O) groups is 2. The zero-order chi connectivity index (χ0) is 11.3. The van der Waals surface area contributed by atoms with E-state index in [1.807, 2.05) is 0 Å². The highest BCUT2D eigenvalue weighted by Gasteiger charge is 2.14. The lowest BCUT2D eigenvalue weighted by Crippen LogP contribution is -2.18. The minimum atomic E-state index is -0.976. The standard InChI is InChI=1S/C11H12O4/c1-8(10(12)13)7-15-11(14)9-5-3-2-4-6-9/h2-6,8H,7H2,1H3,(H,12,13)/t8-/m0/s1. The Morgan fingerprint density at radius 2 is 1.93 bits per heavy atom. The maximum atomic E-state index is 11.4. The summed E-state index contributed by atoms with van der Waals surface area (Å²) >= 11 is 0. The number of hydrogen-bond donors (Lipinski definition) is 1. The molecule has 0 amide bonds. The van der Waals surface area contributed by atoms with Gasteiger partial charge in [0.05, 0.1) is 11.5 Å². The fourth-order valence-electron chi connectivity index (χ4n) is 0.930. The zero-order valence-electron chi connectivity index (χ0n) is 8.34. The topological polar surface area (TPSA) is 63.6 Å². The first-order valence-electron chi connectivity index (χ1n) is 4.56. The predicted molar refractivity (Wildman–Crippen MR) is 53.5 cm³/mol. The van der Waals surface area contributed by atoms with Gasteiger partial charge in [0.25, 0.3) is 0 Å². The van der Waals surface area contributed by atoms with E-state index >= 15 is 0 Å². The van der Waals surface area contributed by atoms with Gasteiger partial charge in [-0.15, -0.1) is 0 Å². The van der Waals surface area contributed by atoms with Crippen LogP contribution in [0.2, 0.25) is 0 Å². The Labute approximate surface area is 87.5 Å². The number of hydrogen-bond acceptors (Lipinski definition) is 3. The fraction of sp³-hybridized carbons (Fsp3) is 0.273. The summed E-state index contributed by atoms with van der Waals surface area (Å²) in [5, 5.41) is 8.57. The maximum absolute atomic E-state index is 11.4. The van der Waals surface area contributed by atoms with Crippen molar-refractivity contribution < 1.29 is 19.4 Å². The van der Waals surface area contributed by atoms with Gasteiger partial charge in [0.1, 0.15) is 6.61 Å².